The maximum Gasteiger partial charge on any atom is 0.255 e. The predicted octanol–water partition coefficient (Wildman–Crippen LogP) is 0.996. The molecule has 2 rings (SSSR count). The monoisotopic (exact) mass is 298 g/mol. The van der Waals surface area contributed by atoms with Crippen LogP contribution < -0.4 is 10.6 Å². The zero-order valence-electron chi connectivity index (χ0n) is 11.9. The van der Waals surface area contributed by atoms with Crippen molar-refractivity contribution in [3.05, 3.63) is 24.0 Å². The van der Waals surface area contributed by atoms with Crippen LogP contribution >= 0.6 is 0 Å². The number of rotatable bonds is 4. The van der Waals surface area contributed by atoms with Crippen LogP contribution in [0.15, 0.2) is 23.2 Å². The number of aromatic nitrogens is 1. The lowest BCUT2D eigenvalue weighted by atomic mass is 10.0. The molecule has 20 heavy (non-hydrogen) atoms. The molecule has 2 heterocycles. The molecular weight excluding hydrogens is 276 g/mol. The highest BCUT2D eigenvalue weighted by Crippen LogP contribution is 2.21. The smallest absolute Gasteiger partial charge is 0.255 e. The highest BCUT2D eigenvalue weighted by Gasteiger charge is 2.29. The Bertz CT molecular complexity index is 534. The molecule has 2 unspecified atom stereocenters. The topological polar surface area (TPSA) is 88.3 Å². The largest absolute Gasteiger partial charge is 0.325 e. The normalized spacial score (nSPS) is 24.8. The Balaban J connectivity index is 2.17. The van der Waals surface area contributed by atoms with Crippen molar-refractivity contribution in [3.63, 3.8) is 0 Å². The summed E-state index contributed by atoms with van der Waals surface area (Å²) in [6, 6.07) is 3.57. The number of sulfonamides is 1. The van der Waals surface area contributed by atoms with Gasteiger partial charge in [0.05, 0.1) is 5.69 Å². The fourth-order valence-corrected chi connectivity index (χ4v) is 3.66. The van der Waals surface area contributed by atoms with Gasteiger partial charge in [0.2, 0.25) is 0 Å². The molecule has 0 amide bonds. The van der Waals surface area contributed by atoms with E-state index in [1.165, 1.54) is 12.3 Å². The zero-order valence-corrected chi connectivity index (χ0v) is 12.7. The Labute approximate surface area is 120 Å². The zero-order chi connectivity index (χ0) is 14.8. The number of nitrogens with one attached hydrogen (secondary N) is 1. The number of pyridine rings is 1. The minimum absolute atomic E-state index is 0.166. The molecule has 0 radical (unpaired) electrons. The van der Waals surface area contributed by atoms with Crippen LogP contribution in [0.3, 0.4) is 0 Å². The summed E-state index contributed by atoms with van der Waals surface area (Å²) in [6.07, 6.45) is 4.48. The molecule has 7 heteroatoms. The minimum atomic E-state index is -3.58. The summed E-state index contributed by atoms with van der Waals surface area (Å²) < 4.78 is 24.7. The van der Waals surface area contributed by atoms with Gasteiger partial charge in [0.25, 0.3) is 10.0 Å². The molecule has 0 aromatic carbocycles. The number of nitrogens with two attached hydrogens (primary N) is 1. The number of hydrogen-bond donors (Lipinski definition) is 2. The van der Waals surface area contributed by atoms with Gasteiger partial charge in [-0.05, 0) is 38.8 Å². The van der Waals surface area contributed by atoms with Crippen molar-refractivity contribution in [1.82, 2.24) is 14.8 Å². The van der Waals surface area contributed by atoms with E-state index >= 15 is 0 Å². The van der Waals surface area contributed by atoms with E-state index in [0.29, 0.717) is 12.2 Å². The van der Waals surface area contributed by atoms with Gasteiger partial charge in [-0.15, -0.1) is 4.83 Å². The summed E-state index contributed by atoms with van der Waals surface area (Å²) >= 11 is 0. The van der Waals surface area contributed by atoms with E-state index in [0.717, 1.165) is 19.3 Å². The molecule has 1 fully saturated rings. The van der Waals surface area contributed by atoms with Gasteiger partial charge in [0, 0.05) is 24.8 Å². The Hall–Kier alpha value is -1.02. The maximum absolute atomic E-state index is 12.4. The van der Waals surface area contributed by atoms with Crippen LogP contribution in [-0.2, 0) is 16.6 Å². The van der Waals surface area contributed by atoms with Crippen molar-refractivity contribution < 1.29 is 8.42 Å². The Morgan fingerprint density at radius 2 is 2.00 bits per heavy atom. The molecule has 1 aromatic rings. The minimum Gasteiger partial charge on any atom is -0.325 e. The first-order valence-corrected chi connectivity index (χ1v) is 8.38. The number of hydrazine groups is 1. The third kappa shape index (κ3) is 3.35. The molecule has 1 aliphatic heterocycles. The van der Waals surface area contributed by atoms with Gasteiger partial charge in [-0.25, -0.2) is 13.4 Å². The van der Waals surface area contributed by atoms with Crippen LogP contribution in [0.25, 0.3) is 0 Å². The molecule has 0 aliphatic carbocycles. The van der Waals surface area contributed by atoms with Crippen LogP contribution in [0, 0.1) is 0 Å². The summed E-state index contributed by atoms with van der Waals surface area (Å²) in [5.41, 5.74) is 6.13. The standard InChI is InChI=1S/C13H22N4O2S/c1-10-4-3-5-11(2)17(10)16-20(18,19)13-7-6-12(8-14)15-9-13/h6-7,9-11,16H,3-5,8,14H2,1-2H3. The van der Waals surface area contributed by atoms with Crippen LogP contribution in [-0.4, -0.2) is 30.5 Å². The third-order valence-corrected chi connectivity index (χ3v) is 5.05. The second-order valence-corrected chi connectivity index (χ2v) is 6.98. The lowest BCUT2D eigenvalue weighted by Gasteiger charge is -2.38. The molecular formula is C13H22N4O2S. The van der Waals surface area contributed by atoms with Crippen molar-refractivity contribution in [3.8, 4) is 0 Å². The van der Waals surface area contributed by atoms with Crippen molar-refractivity contribution in [2.75, 3.05) is 0 Å². The van der Waals surface area contributed by atoms with Crippen LogP contribution in [0.4, 0.5) is 0 Å². The quantitative estimate of drug-likeness (QED) is 0.865. The molecule has 2 atom stereocenters. The molecule has 6 nitrogen and oxygen atoms in total. The summed E-state index contributed by atoms with van der Waals surface area (Å²) in [7, 11) is -3.58. The van der Waals surface area contributed by atoms with E-state index in [1.54, 1.807) is 6.07 Å². The van der Waals surface area contributed by atoms with Gasteiger partial charge in [0.1, 0.15) is 4.90 Å². The number of nitrogens with zero attached hydrogens (tertiary/aromatic N) is 2. The van der Waals surface area contributed by atoms with Crippen LogP contribution in [0.2, 0.25) is 0 Å². The first kappa shape index (κ1) is 15.4. The van der Waals surface area contributed by atoms with Gasteiger partial charge in [-0.2, -0.15) is 0 Å². The second-order valence-electron chi connectivity index (χ2n) is 5.32. The molecule has 1 aromatic heterocycles. The Morgan fingerprint density at radius 3 is 2.50 bits per heavy atom. The van der Waals surface area contributed by atoms with Gasteiger partial charge >= 0.3 is 0 Å². The fraction of sp³-hybridized carbons (Fsp3) is 0.615. The summed E-state index contributed by atoms with van der Waals surface area (Å²) in [5, 5.41) is 1.83. The van der Waals surface area contributed by atoms with E-state index in [1.807, 2.05) is 18.9 Å². The molecule has 1 aliphatic rings. The first-order valence-electron chi connectivity index (χ1n) is 6.90. The molecule has 0 spiro atoms. The summed E-state index contributed by atoms with van der Waals surface area (Å²) in [4.78, 5) is 6.88. The van der Waals surface area contributed by atoms with E-state index < -0.39 is 10.0 Å². The Morgan fingerprint density at radius 1 is 1.35 bits per heavy atom. The Kier molecular flexibility index (Phi) is 4.74. The second kappa shape index (κ2) is 6.17. The van der Waals surface area contributed by atoms with Crippen LogP contribution in [0.1, 0.15) is 38.8 Å². The molecule has 3 N–H and O–H groups in total. The number of hydrogen-bond acceptors (Lipinski definition) is 5. The van der Waals surface area contributed by atoms with Gasteiger partial charge < -0.3 is 5.73 Å². The highest BCUT2D eigenvalue weighted by atomic mass is 32.2. The van der Waals surface area contributed by atoms with Crippen molar-refractivity contribution in [2.24, 2.45) is 5.73 Å². The molecule has 112 valence electrons. The van der Waals surface area contributed by atoms with Gasteiger partial charge in [-0.3, -0.25) is 4.98 Å². The summed E-state index contributed by atoms with van der Waals surface area (Å²) in [5.74, 6) is 0. The van der Waals surface area contributed by atoms with E-state index in [4.69, 9.17) is 5.73 Å². The average molecular weight is 298 g/mol. The van der Waals surface area contributed by atoms with Crippen molar-refractivity contribution >= 4 is 10.0 Å². The van der Waals surface area contributed by atoms with Crippen molar-refractivity contribution in [1.29, 1.82) is 0 Å². The molecule has 0 bridgehead atoms. The van der Waals surface area contributed by atoms with E-state index in [2.05, 4.69) is 9.82 Å². The number of piperidine rings is 1. The average Bonchev–Trinajstić information content (AvgIpc) is 2.43. The van der Waals surface area contributed by atoms with E-state index in [9.17, 15) is 8.42 Å². The van der Waals surface area contributed by atoms with Crippen LogP contribution in [0.5, 0.6) is 0 Å². The fourth-order valence-electron chi connectivity index (χ4n) is 2.48. The highest BCUT2D eigenvalue weighted by molar-refractivity contribution is 7.89. The predicted molar refractivity (Wildman–Crippen MR) is 77.1 cm³/mol. The molecule has 1 saturated heterocycles. The van der Waals surface area contributed by atoms with E-state index in [-0.39, 0.29) is 17.0 Å². The maximum atomic E-state index is 12.4. The SMILES string of the molecule is CC1CCCC(C)N1NS(=O)(=O)c1ccc(CN)nc1. The summed E-state index contributed by atoms with van der Waals surface area (Å²) in [6.45, 7) is 4.37. The lowest BCUT2D eigenvalue weighted by molar-refractivity contribution is 0.0790. The molecule has 0 saturated carbocycles. The van der Waals surface area contributed by atoms with Gasteiger partial charge in [-0.1, -0.05) is 6.42 Å². The van der Waals surface area contributed by atoms with Crippen molar-refractivity contribution in [2.45, 2.75) is 56.6 Å². The first-order chi connectivity index (χ1) is 9.44. The lowest BCUT2D eigenvalue weighted by Crippen LogP contribution is -2.53. The third-order valence-electron chi connectivity index (χ3n) is 3.74. The van der Waals surface area contributed by atoms with Gasteiger partial charge in [0.15, 0.2) is 0 Å².